The average molecular weight is 437 g/mol. The molecule has 0 atom stereocenters. The van der Waals surface area contributed by atoms with E-state index in [9.17, 15) is 23.6 Å². The smallest absolute Gasteiger partial charge is 0.273 e. The first-order valence-corrected chi connectivity index (χ1v) is 9.45. The van der Waals surface area contributed by atoms with Crippen LogP contribution in [0.3, 0.4) is 0 Å². The predicted molar refractivity (Wildman–Crippen MR) is 104 cm³/mol. The van der Waals surface area contributed by atoms with E-state index in [-0.39, 0.29) is 34.0 Å². The molecular weight excluding hydrogens is 422 g/mol. The SMILES string of the molecule is O=C(CN(C(=O)c1ccc(Cl)c(Cl)c1)N1C(=O)CCCC1=O)c1ccc(F)cc1. The number of hydrazine groups is 1. The van der Waals surface area contributed by atoms with Crippen LogP contribution in [0.25, 0.3) is 0 Å². The van der Waals surface area contributed by atoms with Crippen LogP contribution >= 0.6 is 23.2 Å². The van der Waals surface area contributed by atoms with Crippen molar-refractivity contribution in [3.63, 3.8) is 0 Å². The minimum absolute atomic E-state index is 0.0532. The third kappa shape index (κ3) is 4.63. The van der Waals surface area contributed by atoms with Crippen LogP contribution in [0.5, 0.6) is 0 Å². The van der Waals surface area contributed by atoms with E-state index in [2.05, 4.69) is 0 Å². The van der Waals surface area contributed by atoms with E-state index in [0.29, 0.717) is 11.4 Å². The fourth-order valence-electron chi connectivity index (χ4n) is 2.89. The highest BCUT2D eigenvalue weighted by Gasteiger charge is 2.36. The Morgan fingerprint density at radius 2 is 1.52 bits per heavy atom. The molecule has 150 valence electrons. The van der Waals surface area contributed by atoms with Crippen molar-refractivity contribution < 1.29 is 23.6 Å². The van der Waals surface area contributed by atoms with Crippen molar-refractivity contribution >= 4 is 46.7 Å². The Morgan fingerprint density at radius 1 is 0.931 bits per heavy atom. The molecule has 2 aromatic rings. The predicted octanol–water partition coefficient (Wildman–Crippen LogP) is 3.91. The lowest BCUT2D eigenvalue weighted by Gasteiger charge is -2.35. The third-order valence-electron chi connectivity index (χ3n) is 4.36. The molecule has 3 rings (SSSR count). The van der Waals surface area contributed by atoms with Crippen LogP contribution < -0.4 is 0 Å². The molecule has 0 radical (unpaired) electrons. The summed E-state index contributed by atoms with van der Waals surface area (Å²) in [4.78, 5) is 50.5. The van der Waals surface area contributed by atoms with Gasteiger partial charge in [-0.15, -0.1) is 0 Å². The summed E-state index contributed by atoms with van der Waals surface area (Å²) in [5.74, 6) is -3.01. The number of amides is 3. The molecule has 1 aliphatic heterocycles. The summed E-state index contributed by atoms with van der Waals surface area (Å²) in [6.45, 7) is -0.581. The van der Waals surface area contributed by atoms with E-state index in [0.717, 1.165) is 17.1 Å². The maximum atomic E-state index is 13.1. The lowest BCUT2D eigenvalue weighted by atomic mass is 10.1. The topological polar surface area (TPSA) is 74.8 Å². The zero-order chi connectivity index (χ0) is 21.1. The molecule has 0 unspecified atom stereocenters. The van der Waals surface area contributed by atoms with Gasteiger partial charge in [0.2, 0.25) is 11.8 Å². The molecule has 1 aliphatic rings. The molecule has 0 saturated carbocycles. The fraction of sp³-hybridized carbons (Fsp3) is 0.200. The van der Waals surface area contributed by atoms with Crippen molar-refractivity contribution in [3.05, 3.63) is 69.5 Å². The number of hydrogen-bond acceptors (Lipinski definition) is 4. The van der Waals surface area contributed by atoms with Gasteiger partial charge in [-0.05, 0) is 48.9 Å². The average Bonchev–Trinajstić information content (AvgIpc) is 2.69. The summed E-state index contributed by atoms with van der Waals surface area (Å²) in [6, 6.07) is 8.81. The Hall–Kier alpha value is -2.77. The van der Waals surface area contributed by atoms with Crippen LogP contribution in [0, 0.1) is 5.82 Å². The van der Waals surface area contributed by atoms with Gasteiger partial charge in [0.15, 0.2) is 5.78 Å². The van der Waals surface area contributed by atoms with Crippen LogP contribution in [-0.4, -0.2) is 40.1 Å². The van der Waals surface area contributed by atoms with E-state index in [1.54, 1.807) is 0 Å². The number of imide groups is 1. The molecule has 0 aromatic heterocycles. The van der Waals surface area contributed by atoms with Crippen molar-refractivity contribution in [2.75, 3.05) is 6.54 Å². The van der Waals surface area contributed by atoms with Gasteiger partial charge < -0.3 is 0 Å². The molecule has 0 bridgehead atoms. The Kier molecular flexibility index (Phi) is 6.30. The number of nitrogens with zero attached hydrogens (tertiary/aromatic N) is 2. The second-order valence-corrected chi connectivity index (χ2v) is 7.19. The maximum Gasteiger partial charge on any atom is 0.273 e. The number of hydrogen-bond donors (Lipinski definition) is 0. The number of carbonyl (C=O) groups excluding carboxylic acids is 4. The first-order valence-electron chi connectivity index (χ1n) is 8.69. The lowest BCUT2D eigenvalue weighted by molar-refractivity contribution is -0.162. The van der Waals surface area contributed by atoms with Crippen LogP contribution in [0.2, 0.25) is 10.0 Å². The normalized spacial score (nSPS) is 14.1. The minimum Gasteiger partial charge on any atom is -0.292 e. The fourth-order valence-corrected chi connectivity index (χ4v) is 3.18. The number of piperidine rings is 1. The molecule has 1 heterocycles. The molecule has 2 aromatic carbocycles. The largest absolute Gasteiger partial charge is 0.292 e. The zero-order valence-corrected chi connectivity index (χ0v) is 16.5. The second kappa shape index (κ2) is 8.71. The molecule has 1 fully saturated rings. The van der Waals surface area contributed by atoms with Gasteiger partial charge in [0.25, 0.3) is 5.91 Å². The van der Waals surface area contributed by atoms with Crippen molar-refractivity contribution in [2.24, 2.45) is 0 Å². The Labute approximate surface area is 175 Å². The van der Waals surface area contributed by atoms with Gasteiger partial charge in [-0.1, -0.05) is 23.2 Å². The maximum absolute atomic E-state index is 13.1. The highest BCUT2D eigenvalue weighted by molar-refractivity contribution is 6.42. The van der Waals surface area contributed by atoms with Crippen molar-refractivity contribution in [1.29, 1.82) is 0 Å². The molecule has 0 spiro atoms. The Balaban J connectivity index is 1.96. The Bertz CT molecular complexity index is 978. The summed E-state index contributed by atoms with van der Waals surface area (Å²) in [5, 5.41) is 1.84. The van der Waals surface area contributed by atoms with Gasteiger partial charge in [0.1, 0.15) is 12.4 Å². The number of carbonyl (C=O) groups is 4. The Morgan fingerprint density at radius 3 is 2.10 bits per heavy atom. The van der Waals surface area contributed by atoms with Gasteiger partial charge >= 0.3 is 0 Å². The molecule has 6 nitrogen and oxygen atoms in total. The molecule has 9 heteroatoms. The monoisotopic (exact) mass is 436 g/mol. The highest BCUT2D eigenvalue weighted by Crippen LogP contribution is 2.25. The number of benzene rings is 2. The molecule has 3 amide bonds. The minimum atomic E-state index is -0.761. The molecule has 0 N–H and O–H groups in total. The summed E-state index contributed by atoms with van der Waals surface area (Å²) in [5.41, 5.74) is 0.188. The van der Waals surface area contributed by atoms with Crippen molar-refractivity contribution in [3.8, 4) is 0 Å². The van der Waals surface area contributed by atoms with Crippen molar-refractivity contribution in [2.45, 2.75) is 19.3 Å². The zero-order valence-electron chi connectivity index (χ0n) is 15.0. The van der Waals surface area contributed by atoms with Crippen LogP contribution in [0.1, 0.15) is 40.0 Å². The van der Waals surface area contributed by atoms with Crippen molar-refractivity contribution in [1.82, 2.24) is 10.0 Å². The molecule has 29 heavy (non-hydrogen) atoms. The van der Waals surface area contributed by atoms with Gasteiger partial charge in [0, 0.05) is 24.0 Å². The standard InChI is InChI=1S/C20H15Cl2FN2O4/c21-15-9-6-13(10-16(15)22)20(29)24(25-18(27)2-1-3-19(25)28)11-17(26)12-4-7-14(23)8-5-12/h4-10H,1-3,11H2. The highest BCUT2D eigenvalue weighted by atomic mass is 35.5. The molecule has 0 aliphatic carbocycles. The molecule has 1 saturated heterocycles. The number of ketones is 1. The summed E-state index contributed by atoms with van der Waals surface area (Å²) >= 11 is 11.8. The van der Waals surface area contributed by atoms with Gasteiger partial charge in [-0.3, -0.25) is 19.2 Å². The van der Waals surface area contributed by atoms with Gasteiger partial charge in [0.05, 0.1) is 10.0 Å². The summed E-state index contributed by atoms with van der Waals surface area (Å²) in [6.07, 6.45) is 0.512. The van der Waals surface area contributed by atoms with E-state index in [4.69, 9.17) is 23.2 Å². The van der Waals surface area contributed by atoms with E-state index in [1.807, 2.05) is 0 Å². The first kappa shape index (κ1) is 21.0. The van der Waals surface area contributed by atoms with Crippen LogP contribution in [-0.2, 0) is 9.59 Å². The number of Topliss-reactive ketones (excluding diaryl/α,β-unsaturated/α-hetero) is 1. The van der Waals surface area contributed by atoms with E-state index in [1.165, 1.54) is 30.3 Å². The van der Waals surface area contributed by atoms with E-state index >= 15 is 0 Å². The number of rotatable bonds is 5. The molecular formula is C20H15Cl2FN2O4. The van der Waals surface area contributed by atoms with Gasteiger partial charge in [-0.2, -0.15) is 5.01 Å². The number of halogens is 3. The third-order valence-corrected chi connectivity index (χ3v) is 5.09. The summed E-state index contributed by atoms with van der Waals surface area (Å²) in [7, 11) is 0. The second-order valence-electron chi connectivity index (χ2n) is 6.37. The summed E-state index contributed by atoms with van der Waals surface area (Å²) < 4.78 is 13.1. The van der Waals surface area contributed by atoms with Gasteiger partial charge in [-0.25, -0.2) is 9.40 Å². The quantitative estimate of drug-likeness (QED) is 0.525. The van der Waals surface area contributed by atoms with E-state index < -0.39 is 35.9 Å². The van der Waals surface area contributed by atoms with Crippen LogP contribution in [0.4, 0.5) is 4.39 Å². The van der Waals surface area contributed by atoms with Crippen LogP contribution in [0.15, 0.2) is 42.5 Å². The lowest BCUT2D eigenvalue weighted by Crippen LogP contribution is -2.56. The first-order chi connectivity index (χ1) is 13.8.